The van der Waals surface area contributed by atoms with E-state index in [1.54, 1.807) is 13.0 Å². The molecule has 154 valence electrons. The van der Waals surface area contributed by atoms with Crippen molar-refractivity contribution < 1.29 is 31.8 Å². The van der Waals surface area contributed by atoms with Crippen LogP contribution >= 0.6 is 0 Å². The van der Waals surface area contributed by atoms with Crippen LogP contribution in [0.3, 0.4) is 0 Å². The number of hydrogen-bond donors (Lipinski definition) is 0. The van der Waals surface area contributed by atoms with Gasteiger partial charge in [0.15, 0.2) is 11.6 Å². The van der Waals surface area contributed by atoms with Crippen molar-refractivity contribution in [2.45, 2.75) is 6.92 Å². The van der Waals surface area contributed by atoms with E-state index in [9.17, 15) is 22.4 Å². The van der Waals surface area contributed by atoms with Crippen molar-refractivity contribution in [2.24, 2.45) is 0 Å². The van der Waals surface area contributed by atoms with Crippen LogP contribution in [0.5, 0.6) is 0 Å². The Bertz CT molecular complexity index is 1210. The fourth-order valence-electron chi connectivity index (χ4n) is 3.51. The van der Waals surface area contributed by atoms with Crippen LogP contribution in [0.2, 0.25) is 0 Å². The summed E-state index contributed by atoms with van der Waals surface area (Å²) >= 11 is 0. The van der Waals surface area contributed by atoms with Gasteiger partial charge in [0.25, 0.3) is 0 Å². The largest absolute Gasteiger partial charge is 0.462 e. The van der Waals surface area contributed by atoms with Crippen LogP contribution < -0.4 is 0 Å². The maximum Gasteiger partial charge on any atom is 0.340 e. The van der Waals surface area contributed by atoms with Gasteiger partial charge in [-0.2, -0.15) is 0 Å². The molecule has 1 aliphatic rings. The summed E-state index contributed by atoms with van der Waals surface area (Å²) in [5.41, 5.74) is 0.122. The van der Waals surface area contributed by atoms with E-state index in [0.29, 0.717) is 35.3 Å². The SMILES string of the molecule is CCOC(=O)c1cnc2c(-c3cc(F)cc(F)c3F)c(F)ccc2c1C1=CCOC1. The molecule has 0 spiro atoms. The Morgan fingerprint density at radius 2 is 1.93 bits per heavy atom. The van der Waals surface area contributed by atoms with E-state index in [2.05, 4.69) is 4.98 Å². The number of benzene rings is 2. The first-order valence-electron chi connectivity index (χ1n) is 9.12. The number of halogens is 4. The zero-order chi connectivity index (χ0) is 21.4. The van der Waals surface area contributed by atoms with Gasteiger partial charge in [-0.3, -0.25) is 4.98 Å². The molecule has 0 radical (unpaired) electrons. The molecule has 3 aromatic rings. The van der Waals surface area contributed by atoms with Gasteiger partial charge in [0, 0.05) is 34.3 Å². The lowest BCUT2D eigenvalue weighted by molar-refractivity contribution is 0.0525. The third-order valence-electron chi connectivity index (χ3n) is 4.77. The van der Waals surface area contributed by atoms with Gasteiger partial charge in [0.05, 0.1) is 30.9 Å². The zero-order valence-electron chi connectivity index (χ0n) is 15.8. The predicted molar refractivity (Wildman–Crippen MR) is 102 cm³/mol. The van der Waals surface area contributed by atoms with Crippen LogP contribution in [-0.2, 0) is 9.47 Å². The molecule has 0 unspecified atom stereocenters. The van der Waals surface area contributed by atoms with Gasteiger partial charge >= 0.3 is 5.97 Å². The predicted octanol–water partition coefficient (Wildman–Crippen LogP) is 5.05. The standard InChI is InChI=1S/C22H15F4NO3/c1-2-30-22(28)15-9-27-21-13(18(15)11-5-6-29-10-11)3-4-16(24)19(21)14-7-12(23)8-17(25)20(14)26/h3-5,7-9H,2,6,10H2,1H3. The molecule has 0 atom stereocenters. The topological polar surface area (TPSA) is 48.4 Å². The second-order valence-electron chi connectivity index (χ2n) is 6.58. The first-order chi connectivity index (χ1) is 14.4. The molecule has 2 heterocycles. The van der Waals surface area contributed by atoms with E-state index in [0.717, 1.165) is 6.07 Å². The number of pyridine rings is 1. The number of carbonyl (C=O) groups excluding carboxylic acids is 1. The van der Waals surface area contributed by atoms with Crippen molar-refractivity contribution in [3.05, 3.63) is 70.9 Å². The smallest absolute Gasteiger partial charge is 0.340 e. The molecule has 8 heteroatoms. The van der Waals surface area contributed by atoms with Gasteiger partial charge in [-0.15, -0.1) is 0 Å². The Kier molecular flexibility index (Phi) is 5.26. The maximum absolute atomic E-state index is 14.8. The fourth-order valence-corrected chi connectivity index (χ4v) is 3.51. The van der Waals surface area contributed by atoms with E-state index in [-0.39, 0.29) is 24.3 Å². The molecule has 0 bridgehead atoms. The quantitative estimate of drug-likeness (QED) is 0.339. The first-order valence-corrected chi connectivity index (χ1v) is 9.12. The highest BCUT2D eigenvalue weighted by molar-refractivity contribution is 6.07. The molecule has 4 nitrogen and oxygen atoms in total. The van der Waals surface area contributed by atoms with E-state index in [4.69, 9.17) is 9.47 Å². The van der Waals surface area contributed by atoms with E-state index < -0.39 is 40.4 Å². The summed E-state index contributed by atoms with van der Waals surface area (Å²) in [5, 5.41) is 0.303. The summed E-state index contributed by atoms with van der Waals surface area (Å²) in [7, 11) is 0. The number of fused-ring (bicyclic) bond motifs is 1. The van der Waals surface area contributed by atoms with Crippen molar-refractivity contribution in [1.29, 1.82) is 0 Å². The van der Waals surface area contributed by atoms with Gasteiger partial charge < -0.3 is 9.47 Å². The number of rotatable bonds is 4. The highest BCUT2D eigenvalue weighted by Crippen LogP contribution is 2.38. The molecule has 1 aliphatic heterocycles. The Balaban J connectivity index is 2.07. The lowest BCUT2D eigenvalue weighted by atomic mass is 9.93. The minimum atomic E-state index is -1.45. The van der Waals surface area contributed by atoms with Gasteiger partial charge in [0.1, 0.15) is 11.6 Å². The number of hydrogen-bond acceptors (Lipinski definition) is 4. The molecule has 30 heavy (non-hydrogen) atoms. The Hall–Kier alpha value is -3.26. The van der Waals surface area contributed by atoms with E-state index in [1.807, 2.05) is 0 Å². The van der Waals surface area contributed by atoms with Crippen molar-refractivity contribution in [3.8, 4) is 11.1 Å². The molecule has 0 N–H and O–H groups in total. The average molecular weight is 417 g/mol. The van der Waals surface area contributed by atoms with Gasteiger partial charge in [-0.05, 0) is 30.7 Å². The van der Waals surface area contributed by atoms with Gasteiger partial charge in [0.2, 0.25) is 0 Å². The summed E-state index contributed by atoms with van der Waals surface area (Å²) in [6.07, 6.45) is 2.94. The van der Waals surface area contributed by atoms with Crippen molar-refractivity contribution in [3.63, 3.8) is 0 Å². The third-order valence-corrected chi connectivity index (χ3v) is 4.77. The summed E-state index contributed by atoms with van der Waals surface area (Å²) in [5.74, 6) is -5.45. The lowest BCUT2D eigenvalue weighted by Crippen LogP contribution is -2.10. The maximum atomic E-state index is 14.8. The summed E-state index contributed by atoms with van der Waals surface area (Å²) < 4.78 is 67.2. The van der Waals surface area contributed by atoms with Crippen molar-refractivity contribution in [2.75, 3.05) is 19.8 Å². The average Bonchev–Trinajstić information content (AvgIpc) is 3.24. The molecular formula is C22H15F4NO3. The van der Waals surface area contributed by atoms with Crippen LogP contribution in [0.4, 0.5) is 17.6 Å². The molecule has 0 fully saturated rings. The minimum absolute atomic E-state index is 0.0465. The molecule has 0 saturated carbocycles. The van der Waals surface area contributed by atoms with Gasteiger partial charge in [-0.25, -0.2) is 22.4 Å². The molecule has 4 rings (SSSR count). The second kappa shape index (κ2) is 7.87. The lowest BCUT2D eigenvalue weighted by Gasteiger charge is -2.15. The molecular weight excluding hydrogens is 402 g/mol. The molecule has 0 aliphatic carbocycles. The number of esters is 1. The van der Waals surface area contributed by atoms with E-state index in [1.165, 1.54) is 12.3 Å². The monoisotopic (exact) mass is 417 g/mol. The van der Waals surface area contributed by atoms with Crippen LogP contribution in [0, 0.1) is 23.3 Å². The summed E-state index contributed by atoms with van der Waals surface area (Å²) in [4.78, 5) is 16.6. The summed E-state index contributed by atoms with van der Waals surface area (Å²) in [6.45, 7) is 2.30. The molecule has 0 amide bonds. The van der Waals surface area contributed by atoms with E-state index >= 15 is 0 Å². The molecule has 0 saturated heterocycles. The van der Waals surface area contributed by atoms with Crippen LogP contribution in [0.15, 0.2) is 36.5 Å². The normalized spacial score (nSPS) is 13.6. The fraction of sp³-hybridized carbons (Fsp3) is 0.182. The minimum Gasteiger partial charge on any atom is -0.462 e. The Morgan fingerprint density at radius 1 is 1.13 bits per heavy atom. The molecule has 1 aromatic heterocycles. The van der Waals surface area contributed by atoms with Crippen LogP contribution in [-0.4, -0.2) is 30.8 Å². The van der Waals surface area contributed by atoms with Gasteiger partial charge in [-0.1, -0.05) is 6.08 Å². The zero-order valence-corrected chi connectivity index (χ0v) is 15.8. The Morgan fingerprint density at radius 3 is 2.63 bits per heavy atom. The Labute approximate surface area is 168 Å². The summed E-state index contributed by atoms with van der Waals surface area (Å²) in [6, 6.07) is 3.50. The van der Waals surface area contributed by atoms with Crippen molar-refractivity contribution >= 4 is 22.4 Å². The van der Waals surface area contributed by atoms with Crippen LogP contribution in [0.1, 0.15) is 22.8 Å². The first kappa shape index (κ1) is 20.0. The highest BCUT2D eigenvalue weighted by atomic mass is 19.2. The highest BCUT2D eigenvalue weighted by Gasteiger charge is 2.25. The van der Waals surface area contributed by atoms with Crippen LogP contribution in [0.25, 0.3) is 27.6 Å². The number of nitrogens with zero attached hydrogens (tertiary/aromatic N) is 1. The third kappa shape index (κ3) is 3.33. The second-order valence-corrected chi connectivity index (χ2v) is 6.58. The number of aromatic nitrogens is 1. The van der Waals surface area contributed by atoms with Crippen molar-refractivity contribution in [1.82, 2.24) is 4.98 Å². The number of ether oxygens (including phenoxy) is 2. The molecule has 2 aromatic carbocycles. The number of carbonyl (C=O) groups is 1.